The Labute approximate surface area is 206 Å². The summed E-state index contributed by atoms with van der Waals surface area (Å²) in [7, 11) is 0. The van der Waals surface area contributed by atoms with Crippen LogP contribution in [0.25, 0.3) is 11.1 Å². The highest BCUT2D eigenvalue weighted by Crippen LogP contribution is 2.44. The third kappa shape index (κ3) is 4.90. The topological polar surface area (TPSA) is 95.9 Å². The first kappa shape index (κ1) is 24.8. The van der Waals surface area contributed by atoms with Gasteiger partial charge in [-0.05, 0) is 46.4 Å². The summed E-state index contributed by atoms with van der Waals surface area (Å²) in [6, 6.07) is 14.4. The summed E-state index contributed by atoms with van der Waals surface area (Å²) in [6.07, 6.45) is 0.0660. The first-order valence-electron chi connectivity index (χ1n) is 12.3. The number of alkyl carbamates (subject to hydrolysis) is 1. The van der Waals surface area contributed by atoms with Gasteiger partial charge in [-0.1, -0.05) is 76.2 Å². The van der Waals surface area contributed by atoms with Crippen LogP contribution in [0.15, 0.2) is 48.5 Å². The van der Waals surface area contributed by atoms with Crippen LogP contribution in [0.1, 0.15) is 51.2 Å². The monoisotopic (exact) mass is 478 g/mol. The van der Waals surface area contributed by atoms with Gasteiger partial charge in [0.05, 0.1) is 0 Å². The Hall–Kier alpha value is -3.35. The van der Waals surface area contributed by atoms with Crippen LogP contribution >= 0.6 is 0 Å². The van der Waals surface area contributed by atoms with Gasteiger partial charge in [0.2, 0.25) is 5.91 Å². The van der Waals surface area contributed by atoms with E-state index in [1.165, 1.54) is 4.90 Å². The van der Waals surface area contributed by atoms with Crippen LogP contribution in [-0.2, 0) is 14.3 Å². The molecule has 35 heavy (non-hydrogen) atoms. The fourth-order valence-corrected chi connectivity index (χ4v) is 5.66. The highest BCUT2D eigenvalue weighted by Gasteiger charge is 2.42. The number of ether oxygens (including phenoxy) is 1. The molecule has 4 rings (SSSR count). The van der Waals surface area contributed by atoms with Crippen LogP contribution in [0.5, 0.6) is 0 Å². The van der Waals surface area contributed by atoms with Crippen molar-refractivity contribution in [1.29, 1.82) is 0 Å². The minimum absolute atomic E-state index is 0.0819. The normalized spacial score (nSPS) is 22.3. The fraction of sp³-hybridized carbons (Fsp3) is 0.464. The quantitative estimate of drug-likeness (QED) is 0.637. The number of carbonyl (C=O) groups is 3. The molecule has 0 saturated carbocycles. The molecule has 186 valence electrons. The molecule has 2 aromatic carbocycles. The van der Waals surface area contributed by atoms with Crippen molar-refractivity contribution in [2.75, 3.05) is 13.2 Å². The van der Waals surface area contributed by atoms with Crippen LogP contribution in [0.2, 0.25) is 0 Å². The minimum Gasteiger partial charge on any atom is -0.480 e. The summed E-state index contributed by atoms with van der Waals surface area (Å²) in [5.74, 6) is -1.68. The van der Waals surface area contributed by atoms with E-state index < -0.39 is 24.1 Å². The van der Waals surface area contributed by atoms with Gasteiger partial charge in [0.15, 0.2) is 0 Å². The average molecular weight is 479 g/mol. The summed E-state index contributed by atoms with van der Waals surface area (Å²) >= 11 is 0. The number of fused-ring (bicyclic) bond motifs is 3. The minimum atomic E-state index is -1.01. The van der Waals surface area contributed by atoms with E-state index in [-0.39, 0.29) is 36.2 Å². The lowest BCUT2D eigenvalue weighted by Gasteiger charge is -2.42. The number of piperidine rings is 1. The Morgan fingerprint density at radius 2 is 1.60 bits per heavy atom. The maximum Gasteiger partial charge on any atom is 0.407 e. The number of carboxylic acids is 1. The predicted molar refractivity (Wildman–Crippen MR) is 133 cm³/mol. The van der Waals surface area contributed by atoms with Crippen LogP contribution in [0.3, 0.4) is 0 Å². The summed E-state index contributed by atoms with van der Waals surface area (Å²) in [6.45, 7) is 8.04. The van der Waals surface area contributed by atoms with Gasteiger partial charge < -0.3 is 20.1 Å². The van der Waals surface area contributed by atoms with Crippen LogP contribution < -0.4 is 5.32 Å². The van der Waals surface area contributed by atoms with Gasteiger partial charge in [0.1, 0.15) is 18.7 Å². The number of aliphatic carboxylic acids is 1. The van der Waals surface area contributed by atoms with Gasteiger partial charge in [-0.3, -0.25) is 4.79 Å². The highest BCUT2D eigenvalue weighted by atomic mass is 16.5. The molecular weight excluding hydrogens is 444 g/mol. The van der Waals surface area contributed by atoms with Gasteiger partial charge in [-0.15, -0.1) is 0 Å². The van der Waals surface area contributed by atoms with Crippen molar-refractivity contribution in [1.82, 2.24) is 10.2 Å². The Morgan fingerprint density at radius 3 is 2.14 bits per heavy atom. The van der Waals surface area contributed by atoms with E-state index >= 15 is 0 Å². The highest BCUT2D eigenvalue weighted by molar-refractivity contribution is 5.90. The molecule has 4 atom stereocenters. The fourth-order valence-electron chi connectivity index (χ4n) is 5.66. The molecule has 2 N–H and O–H groups in total. The molecule has 3 unspecified atom stereocenters. The molecule has 0 spiro atoms. The Morgan fingerprint density at radius 1 is 1.03 bits per heavy atom. The molecule has 1 saturated heterocycles. The van der Waals surface area contributed by atoms with Crippen molar-refractivity contribution in [3.8, 4) is 11.1 Å². The van der Waals surface area contributed by atoms with Crippen molar-refractivity contribution in [2.24, 2.45) is 17.8 Å². The molecule has 0 radical (unpaired) electrons. The molecule has 1 heterocycles. The molecule has 7 heteroatoms. The van der Waals surface area contributed by atoms with Crippen molar-refractivity contribution in [3.63, 3.8) is 0 Å². The van der Waals surface area contributed by atoms with Gasteiger partial charge in [0.25, 0.3) is 0 Å². The number of hydrogen-bond acceptors (Lipinski definition) is 4. The second-order valence-corrected chi connectivity index (χ2v) is 10.3. The molecule has 7 nitrogen and oxygen atoms in total. The van der Waals surface area contributed by atoms with Gasteiger partial charge in [-0.25, -0.2) is 9.59 Å². The number of hydrogen-bond donors (Lipinski definition) is 2. The third-order valence-corrected chi connectivity index (χ3v) is 7.24. The molecule has 0 bridgehead atoms. The number of benzene rings is 2. The van der Waals surface area contributed by atoms with Crippen molar-refractivity contribution >= 4 is 18.0 Å². The van der Waals surface area contributed by atoms with Crippen LogP contribution in [0.4, 0.5) is 4.79 Å². The molecule has 1 aliphatic heterocycles. The van der Waals surface area contributed by atoms with Gasteiger partial charge in [0, 0.05) is 12.5 Å². The summed E-state index contributed by atoms with van der Waals surface area (Å²) in [5, 5.41) is 12.5. The number of likely N-dealkylation sites (tertiary alicyclic amines) is 1. The standard InChI is InChI=1S/C28H34N2O5/c1-16(2)24(26(31)30-14-17(3)13-18(4)25(30)27(32)33)29-28(34)35-15-23-21-11-7-5-9-19(21)20-10-6-8-12-22(20)23/h5-12,16-18,23-25H,13-15H2,1-4H3,(H,29,34)(H,32,33)/t17?,18?,24-,25?/m0/s1. The van der Waals surface area contributed by atoms with E-state index in [0.29, 0.717) is 6.54 Å². The number of amides is 2. The van der Waals surface area contributed by atoms with E-state index in [1.54, 1.807) is 0 Å². The lowest BCUT2D eigenvalue weighted by molar-refractivity contribution is -0.157. The van der Waals surface area contributed by atoms with E-state index in [0.717, 1.165) is 28.7 Å². The third-order valence-electron chi connectivity index (χ3n) is 7.24. The molecule has 2 aliphatic rings. The molecule has 1 aliphatic carbocycles. The van der Waals surface area contributed by atoms with Crippen molar-refractivity contribution in [2.45, 2.75) is 52.1 Å². The smallest absolute Gasteiger partial charge is 0.407 e. The van der Waals surface area contributed by atoms with Crippen LogP contribution in [-0.4, -0.2) is 53.2 Å². The summed E-state index contributed by atoms with van der Waals surface area (Å²) in [4.78, 5) is 39.7. The Kier molecular flexibility index (Phi) is 7.15. The Balaban J connectivity index is 1.46. The molecule has 1 fully saturated rings. The van der Waals surface area contributed by atoms with Gasteiger partial charge >= 0.3 is 12.1 Å². The maximum atomic E-state index is 13.5. The largest absolute Gasteiger partial charge is 0.480 e. The molecule has 2 amide bonds. The molecular formula is C28H34N2O5. The van der Waals surface area contributed by atoms with E-state index in [1.807, 2.05) is 64.1 Å². The number of carboxylic acid groups (broad SMARTS) is 1. The van der Waals surface area contributed by atoms with Crippen molar-refractivity contribution < 1.29 is 24.2 Å². The molecule has 2 aromatic rings. The van der Waals surface area contributed by atoms with Crippen molar-refractivity contribution in [3.05, 3.63) is 59.7 Å². The van der Waals surface area contributed by atoms with Gasteiger partial charge in [-0.2, -0.15) is 0 Å². The van der Waals surface area contributed by atoms with E-state index in [2.05, 4.69) is 17.4 Å². The zero-order chi connectivity index (χ0) is 25.3. The number of rotatable bonds is 6. The maximum absolute atomic E-state index is 13.5. The first-order chi connectivity index (χ1) is 16.7. The zero-order valence-corrected chi connectivity index (χ0v) is 20.7. The summed E-state index contributed by atoms with van der Waals surface area (Å²) in [5.41, 5.74) is 4.50. The van der Waals surface area contributed by atoms with E-state index in [4.69, 9.17) is 4.74 Å². The second kappa shape index (κ2) is 10.1. The number of carbonyl (C=O) groups excluding carboxylic acids is 2. The predicted octanol–water partition coefficient (Wildman–Crippen LogP) is 4.51. The first-order valence-corrected chi connectivity index (χ1v) is 12.3. The molecule has 0 aromatic heterocycles. The Bertz CT molecular complexity index is 1070. The number of nitrogens with one attached hydrogen (secondary N) is 1. The number of nitrogens with zero attached hydrogens (tertiary/aromatic N) is 1. The van der Waals surface area contributed by atoms with Crippen LogP contribution in [0, 0.1) is 17.8 Å². The lowest BCUT2D eigenvalue weighted by atomic mass is 9.84. The second-order valence-electron chi connectivity index (χ2n) is 10.3. The van der Waals surface area contributed by atoms with E-state index in [9.17, 15) is 19.5 Å². The summed E-state index contributed by atoms with van der Waals surface area (Å²) < 4.78 is 5.64. The average Bonchev–Trinajstić information content (AvgIpc) is 3.13. The lowest BCUT2D eigenvalue weighted by Crippen LogP contribution is -2.60. The zero-order valence-electron chi connectivity index (χ0n) is 20.7. The SMILES string of the molecule is CC1CC(C)C(C(=O)O)N(C(=O)[C@@H](NC(=O)OCC2c3ccccc3-c3ccccc32)C(C)C)C1.